The summed E-state index contributed by atoms with van der Waals surface area (Å²) in [6, 6.07) is 43.8. The second-order valence-electron chi connectivity index (χ2n) is 16.4. The van der Waals surface area contributed by atoms with Crippen LogP contribution in [0.1, 0.15) is 89.0 Å². The van der Waals surface area contributed by atoms with E-state index in [1.54, 1.807) is 14.2 Å². The van der Waals surface area contributed by atoms with Gasteiger partial charge in [0.2, 0.25) is 0 Å². The minimum Gasteiger partial charge on any atom is -0.496 e. The van der Waals surface area contributed by atoms with E-state index in [9.17, 15) is 0 Å². The van der Waals surface area contributed by atoms with Crippen LogP contribution >= 0.6 is 0 Å². The molecule has 298 valence electrons. The molecule has 6 heteroatoms. The van der Waals surface area contributed by atoms with Crippen molar-refractivity contribution in [2.75, 3.05) is 14.2 Å². The maximum atomic E-state index is 7.09. The van der Waals surface area contributed by atoms with Gasteiger partial charge < -0.3 is 28.4 Å². The lowest BCUT2D eigenvalue weighted by atomic mass is 9.91. The summed E-state index contributed by atoms with van der Waals surface area (Å²) in [4.78, 5) is 0. The molecule has 12 bridgehead atoms. The van der Waals surface area contributed by atoms with Crippen LogP contribution in [0, 0.1) is 0 Å². The first-order valence-corrected chi connectivity index (χ1v) is 21.0. The molecule has 6 nitrogen and oxygen atoms in total. The normalized spacial score (nSPS) is 14.7. The zero-order valence-electron chi connectivity index (χ0n) is 34.1. The number of benzene rings is 7. The highest BCUT2D eigenvalue weighted by Crippen LogP contribution is 2.42. The maximum Gasteiger partial charge on any atom is 0.126 e. The summed E-state index contributed by atoms with van der Waals surface area (Å²) in [6.45, 7) is 1.48. The van der Waals surface area contributed by atoms with Gasteiger partial charge in [0, 0.05) is 38.5 Å². The second-order valence-corrected chi connectivity index (χ2v) is 16.4. The predicted octanol–water partition coefficient (Wildman–Crippen LogP) is 10.8. The summed E-state index contributed by atoms with van der Waals surface area (Å²) in [5.74, 6) is 5.38. The largest absolute Gasteiger partial charge is 0.496 e. The quantitative estimate of drug-likeness (QED) is 0.174. The fraction of sp³-hybridized carbons (Fsp3) is 0.222. The van der Waals surface area contributed by atoms with Crippen molar-refractivity contribution in [1.82, 2.24) is 0 Å². The molecule has 4 aliphatic heterocycles. The van der Waals surface area contributed by atoms with Crippen LogP contribution in [0.25, 0.3) is 0 Å². The molecule has 0 saturated heterocycles. The number of ether oxygens (including phenoxy) is 6. The van der Waals surface area contributed by atoms with Gasteiger partial charge in [0.05, 0.1) is 14.2 Å². The average molecular weight is 791 g/mol. The zero-order chi connectivity index (χ0) is 40.2. The van der Waals surface area contributed by atoms with Gasteiger partial charge in [0.1, 0.15) is 60.9 Å². The van der Waals surface area contributed by atoms with E-state index in [0.717, 1.165) is 124 Å². The molecule has 4 aliphatic rings. The lowest BCUT2D eigenvalue weighted by molar-refractivity contribution is 0.274. The van der Waals surface area contributed by atoms with E-state index in [1.165, 1.54) is 0 Å². The Morgan fingerprint density at radius 2 is 0.483 bits per heavy atom. The van der Waals surface area contributed by atoms with Crippen LogP contribution in [-0.4, -0.2) is 14.2 Å². The molecule has 0 aliphatic carbocycles. The van der Waals surface area contributed by atoms with Crippen LogP contribution in [0.5, 0.6) is 34.5 Å². The van der Waals surface area contributed by atoms with Crippen molar-refractivity contribution in [3.8, 4) is 34.5 Å². The first-order chi connectivity index (χ1) is 29.6. The molecule has 7 aromatic rings. The Hall–Kier alpha value is -6.66. The lowest BCUT2D eigenvalue weighted by Crippen LogP contribution is -2.12. The first kappa shape index (κ1) is 36.4. The van der Waals surface area contributed by atoms with E-state index in [2.05, 4.69) is 121 Å². The van der Waals surface area contributed by atoms with Gasteiger partial charge in [-0.3, -0.25) is 0 Å². The monoisotopic (exact) mass is 790 g/mol. The fourth-order valence-electron chi connectivity index (χ4n) is 9.92. The predicted molar refractivity (Wildman–Crippen MR) is 232 cm³/mol. The standard InChI is InChI=1S/C54H46O6/c1-55-49-33-9-3-10-34(49)22-38-14-6-18-42-26-44-20-8-16-40-24-36-12-4-11-35(50(36)56-2)23-39-15-7-19-43-25-41-17-5-13-37(21-33)51(41)57-29-45-27-46(30-58-52(38)42)48(32-60-54(40)44)28-47(45)31-59-53(39)43/h3-20,27-28H,21-26,29-32H2,1-2H3. The average Bonchev–Trinajstić information content (AvgIpc) is 3.30. The van der Waals surface area contributed by atoms with Crippen molar-refractivity contribution in [3.05, 3.63) is 210 Å². The number of hydrogen-bond acceptors (Lipinski definition) is 6. The van der Waals surface area contributed by atoms with E-state index in [0.29, 0.717) is 65.0 Å². The van der Waals surface area contributed by atoms with Crippen molar-refractivity contribution in [2.24, 2.45) is 0 Å². The first-order valence-electron chi connectivity index (χ1n) is 21.0. The summed E-state index contributed by atoms with van der Waals surface area (Å²) in [6.07, 6.45) is 3.89. The molecule has 60 heavy (non-hydrogen) atoms. The van der Waals surface area contributed by atoms with E-state index < -0.39 is 0 Å². The van der Waals surface area contributed by atoms with E-state index in [-0.39, 0.29) is 0 Å². The molecule has 0 amide bonds. The molecule has 0 aromatic heterocycles. The molecule has 0 fully saturated rings. The fourth-order valence-corrected chi connectivity index (χ4v) is 9.92. The van der Waals surface area contributed by atoms with E-state index in [1.807, 2.05) is 0 Å². The highest BCUT2D eigenvalue weighted by molar-refractivity contribution is 5.58. The molecule has 0 atom stereocenters. The van der Waals surface area contributed by atoms with Gasteiger partial charge in [-0.15, -0.1) is 0 Å². The minimum atomic E-state index is 0.371. The summed E-state index contributed by atoms with van der Waals surface area (Å²) in [7, 11) is 3.57. The summed E-state index contributed by atoms with van der Waals surface area (Å²) in [5, 5.41) is 0. The Bertz CT molecular complexity index is 2450. The number of fused-ring (bicyclic) bond motifs is 8. The lowest BCUT2D eigenvalue weighted by Gasteiger charge is -2.22. The molecule has 0 saturated carbocycles. The summed E-state index contributed by atoms with van der Waals surface area (Å²) < 4.78 is 40.9. The van der Waals surface area contributed by atoms with Gasteiger partial charge in [-0.05, 0) is 101 Å². The van der Waals surface area contributed by atoms with Gasteiger partial charge in [0.25, 0.3) is 0 Å². The van der Waals surface area contributed by atoms with Crippen LogP contribution in [-0.2, 0) is 65.0 Å². The van der Waals surface area contributed by atoms with Crippen molar-refractivity contribution in [1.29, 1.82) is 0 Å². The Balaban J connectivity index is 1.23. The molecule has 7 aromatic carbocycles. The van der Waals surface area contributed by atoms with Gasteiger partial charge >= 0.3 is 0 Å². The minimum absolute atomic E-state index is 0.371. The van der Waals surface area contributed by atoms with E-state index >= 15 is 0 Å². The Kier molecular flexibility index (Phi) is 9.21. The van der Waals surface area contributed by atoms with Crippen molar-refractivity contribution >= 4 is 0 Å². The highest BCUT2D eigenvalue weighted by Gasteiger charge is 2.26. The van der Waals surface area contributed by atoms with Gasteiger partial charge in [-0.25, -0.2) is 0 Å². The second kappa shape index (κ2) is 15.2. The summed E-state index contributed by atoms with van der Waals surface area (Å²) >= 11 is 0. The van der Waals surface area contributed by atoms with Crippen LogP contribution < -0.4 is 28.4 Å². The van der Waals surface area contributed by atoms with Crippen molar-refractivity contribution in [3.63, 3.8) is 0 Å². The Morgan fingerprint density at radius 3 is 0.700 bits per heavy atom. The van der Waals surface area contributed by atoms with E-state index in [4.69, 9.17) is 28.4 Å². The topological polar surface area (TPSA) is 55.4 Å². The Labute approximate surface area is 351 Å². The molecule has 11 rings (SSSR count). The Morgan fingerprint density at radius 1 is 0.283 bits per heavy atom. The third-order valence-corrected chi connectivity index (χ3v) is 12.8. The van der Waals surface area contributed by atoms with Crippen LogP contribution in [0.2, 0.25) is 0 Å². The van der Waals surface area contributed by atoms with Crippen molar-refractivity contribution < 1.29 is 28.4 Å². The number of para-hydroxylation sites is 6. The third kappa shape index (κ3) is 6.51. The number of rotatable bonds is 2. The molecular formula is C54H46O6. The number of hydrogen-bond donors (Lipinski definition) is 0. The van der Waals surface area contributed by atoms with Gasteiger partial charge in [-0.1, -0.05) is 109 Å². The third-order valence-electron chi connectivity index (χ3n) is 12.8. The van der Waals surface area contributed by atoms with Crippen molar-refractivity contribution in [2.45, 2.75) is 65.0 Å². The molecule has 0 spiro atoms. The zero-order valence-corrected chi connectivity index (χ0v) is 34.1. The van der Waals surface area contributed by atoms with Crippen LogP contribution in [0.15, 0.2) is 121 Å². The molecule has 0 unspecified atom stereocenters. The summed E-state index contributed by atoms with van der Waals surface area (Å²) in [5.41, 5.74) is 17.6. The SMILES string of the molecule is COc1c2cccc1Cc1cccc3c1OCc1cc4c5cc1COc1c(cccc1C3)Cc1cccc(c1OC)Cc1cccc(c1OC5)Cc1cccc(c1OC4)C2. The van der Waals surface area contributed by atoms with Gasteiger partial charge in [0.15, 0.2) is 0 Å². The van der Waals surface area contributed by atoms with Crippen LogP contribution in [0.4, 0.5) is 0 Å². The smallest absolute Gasteiger partial charge is 0.126 e. The highest BCUT2D eigenvalue weighted by atomic mass is 16.5. The number of methoxy groups -OCH3 is 2. The maximum absolute atomic E-state index is 7.09. The van der Waals surface area contributed by atoms with Crippen LogP contribution in [0.3, 0.4) is 0 Å². The molecule has 4 heterocycles. The molecular weight excluding hydrogens is 745 g/mol. The molecule has 0 N–H and O–H groups in total. The van der Waals surface area contributed by atoms with Gasteiger partial charge in [-0.2, -0.15) is 0 Å². The molecule has 0 radical (unpaired) electrons.